The van der Waals surface area contributed by atoms with Crippen LogP contribution < -0.4 is 0 Å². The van der Waals surface area contributed by atoms with Crippen molar-refractivity contribution in [2.24, 2.45) is 0 Å². The number of aromatic nitrogens is 2. The van der Waals surface area contributed by atoms with Crippen molar-refractivity contribution in [3.05, 3.63) is 30.2 Å². The quantitative estimate of drug-likeness (QED) is 0.592. The monoisotopic (exact) mass is 306 g/mol. The van der Waals surface area contributed by atoms with Crippen LogP contribution in [0, 0.1) is 0 Å². The van der Waals surface area contributed by atoms with Gasteiger partial charge in [0.05, 0.1) is 0 Å². The number of rotatable bonds is 8. The molecular weight excluding hydrogens is 288 g/mol. The van der Waals surface area contributed by atoms with Crippen LogP contribution in [0.25, 0.3) is 11.4 Å². The first kappa shape index (κ1) is 15.6. The van der Waals surface area contributed by atoms with Crippen LogP contribution in [-0.4, -0.2) is 27.0 Å². The van der Waals surface area contributed by atoms with Gasteiger partial charge >= 0.3 is 5.97 Å². The lowest BCUT2D eigenvalue weighted by molar-refractivity contribution is -0.137. The molecule has 21 heavy (non-hydrogen) atoms. The second kappa shape index (κ2) is 7.83. The first-order valence-electron chi connectivity index (χ1n) is 6.96. The molecule has 1 heterocycles. The summed E-state index contributed by atoms with van der Waals surface area (Å²) in [4.78, 5) is 16.0. The van der Waals surface area contributed by atoms with Crippen LogP contribution >= 0.6 is 11.8 Å². The van der Waals surface area contributed by atoms with Crippen molar-refractivity contribution in [2.75, 3.05) is 5.75 Å². The van der Waals surface area contributed by atoms with Crippen molar-refractivity contribution in [3.63, 3.8) is 0 Å². The smallest absolute Gasteiger partial charge is 0.303 e. The molecule has 1 N–H and O–H groups in total. The molecule has 0 unspecified atom stereocenters. The van der Waals surface area contributed by atoms with E-state index in [2.05, 4.69) is 17.1 Å². The van der Waals surface area contributed by atoms with E-state index in [1.165, 1.54) is 4.90 Å². The number of carbonyl (C=O) groups is 1. The van der Waals surface area contributed by atoms with E-state index in [9.17, 15) is 4.79 Å². The molecule has 0 aliphatic rings. The molecule has 0 saturated carbocycles. The van der Waals surface area contributed by atoms with E-state index in [0.29, 0.717) is 24.6 Å². The normalized spacial score (nSPS) is 10.7. The minimum Gasteiger partial charge on any atom is -0.481 e. The van der Waals surface area contributed by atoms with E-state index in [1.54, 1.807) is 11.8 Å². The first-order chi connectivity index (χ1) is 10.2. The molecule has 0 aliphatic heterocycles. The topological polar surface area (TPSA) is 76.2 Å². The number of hydrogen-bond acceptors (Lipinski definition) is 5. The Kier molecular flexibility index (Phi) is 5.80. The molecule has 0 bridgehead atoms. The zero-order valence-electron chi connectivity index (χ0n) is 11.9. The van der Waals surface area contributed by atoms with Gasteiger partial charge in [-0.1, -0.05) is 12.1 Å². The summed E-state index contributed by atoms with van der Waals surface area (Å²) in [6.45, 7) is 2.12. The van der Waals surface area contributed by atoms with E-state index in [-0.39, 0.29) is 6.42 Å². The van der Waals surface area contributed by atoms with E-state index in [4.69, 9.17) is 9.63 Å². The van der Waals surface area contributed by atoms with Gasteiger partial charge in [-0.05, 0) is 42.9 Å². The summed E-state index contributed by atoms with van der Waals surface area (Å²) in [6, 6.07) is 8.06. The maximum Gasteiger partial charge on any atom is 0.303 e. The summed E-state index contributed by atoms with van der Waals surface area (Å²) in [5.41, 5.74) is 0.927. The lowest BCUT2D eigenvalue weighted by Crippen LogP contribution is -1.95. The molecule has 0 aliphatic carbocycles. The van der Waals surface area contributed by atoms with Crippen LogP contribution in [0.5, 0.6) is 0 Å². The second-order valence-corrected chi connectivity index (χ2v) is 5.91. The van der Waals surface area contributed by atoms with Gasteiger partial charge in [0.1, 0.15) is 0 Å². The molecule has 5 nitrogen and oxygen atoms in total. The summed E-state index contributed by atoms with van der Waals surface area (Å²) in [5.74, 6) is 1.41. The number of nitrogens with zero attached hydrogens (tertiary/aromatic N) is 2. The molecule has 0 saturated heterocycles. The first-order valence-corrected chi connectivity index (χ1v) is 7.95. The maximum atomic E-state index is 10.4. The number of aryl methyl sites for hydroxylation is 1. The van der Waals surface area contributed by atoms with E-state index in [0.717, 1.165) is 17.7 Å². The third kappa shape index (κ3) is 4.90. The number of unbranched alkanes of at least 4 members (excludes halogenated alkanes) is 1. The molecule has 0 atom stereocenters. The summed E-state index contributed by atoms with van der Waals surface area (Å²) >= 11 is 1.79. The molecule has 0 spiro atoms. The highest BCUT2D eigenvalue weighted by molar-refractivity contribution is 7.99. The van der Waals surface area contributed by atoms with Gasteiger partial charge in [0.2, 0.25) is 11.7 Å². The molecule has 0 fully saturated rings. The lowest BCUT2D eigenvalue weighted by Gasteiger charge is -1.98. The molecule has 1 aromatic carbocycles. The van der Waals surface area contributed by atoms with Gasteiger partial charge in [0, 0.05) is 23.3 Å². The van der Waals surface area contributed by atoms with Crippen molar-refractivity contribution in [1.82, 2.24) is 10.1 Å². The second-order valence-electron chi connectivity index (χ2n) is 4.57. The fraction of sp³-hybridized carbons (Fsp3) is 0.400. The van der Waals surface area contributed by atoms with Gasteiger partial charge in [-0.3, -0.25) is 4.79 Å². The molecule has 1 aromatic heterocycles. The molecule has 6 heteroatoms. The van der Waals surface area contributed by atoms with Crippen molar-refractivity contribution >= 4 is 17.7 Å². The van der Waals surface area contributed by atoms with Gasteiger partial charge < -0.3 is 9.63 Å². The number of benzene rings is 1. The standard InChI is InChI=1S/C15H18N2O3S/c1-2-21-12-9-7-11(8-10-12)15-16-13(20-17-15)5-3-4-6-14(18)19/h7-10H,2-6H2,1H3,(H,18,19). The van der Waals surface area contributed by atoms with Crippen molar-refractivity contribution in [3.8, 4) is 11.4 Å². The Morgan fingerprint density at radius 3 is 2.71 bits per heavy atom. The van der Waals surface area contributed by atoms with Crippen LogP contribution in [0.4, 0.5) is 0 Å². The highest BCUT2D eigenvalue weighted by atomic mass is 32.2. The molecular formula is C15H18N2O3S. The van der Waals surface area contributed by atoms with Crippen LogP contribution in [-0.2, 0) is 11.2 Å². The van der Waals surface area contributed by atoms with Crippen molar-refractivity contribution in [2.45, 2.75) is 37.5 Å². The average molecular weight is 306 g/mol. The number of hydrogen-bond donors (Lipinski definition) is 1. The molecule has 2 aromatic rings. The van der Waals surface area contributed by atoms with E-state index >= 15 is 0 Å². The molecule has 0 radical (unpaired) electrons. The van der Waals surface area contributed by atoms with Gasteiger partial charge in [-0.25, -0.2) is 0 Å². The van der Waals surface area contributed by atoms with Gasteiger partial charge in [0.25, 0.3) is 0 Å². The van der Waals surface area contributed by atoms with Crippen molar-refractivity contribution < 1.29 is 14.4 Å². The summed E-state index contributed by atoms with van der Waals surface area (Å²) in [6.07, 6.45) is 2.15. The largest absolute Gasteiger partial charge is 0.481 e. The Morgan fingerprint density at radius 2 is 2.05 bits per heavy atom. The summed E-state index contributed by atoms with van der Waals surface area (Å²) in [7, 11) is 0. The van der Waals surface area contributed by atoms with Crippen LogP contribution in [0.15, 0.2) is 33.7 Å². The average Bonchev–Trinajstić information content (AvgIpc) is 2.93. The van der Waals surface area contributed by atoms with Gasteiger partial charge in [-0.2, -0.15) is 4.98 Å². The van der Waals surface area contributed by atoms with E-state index < -0.39 is 5.97 Å². The summed E-state index contributed by atoms with van der Waals surface area (Å²) < 4.78 is 5.19. The highest BCUT2D eigenvalue weighted by Crippen LogP contribution is 2.22. The predicted octanol–water partition coefficient (Wildman–Crippen LogP) is 3.65. The fourth-order valence-electron chi connectivity index (χ4n) is 1.89. The minimum atomic E-state index is -0.772. The van der Waals surface area contributed by atoms with Crippen molar-refractivity contribution in [1.29, 1.82) is 0 Å². The Labute approximate surface area is 127 Å². The SMILES string of the molecule is CCSc1ccc(-c2noc(CCCCC(=O)O)n2)cc1. The number of thioether (sulfide) groups is 1. The third-order valence-corrected chi connectivity index (χ3v) is 3.82. The van der Waals surface area contributed by atoms with Gasteiger partial charge in [0.15, 0.2) is 0 Å². The molecule has 112 valence electrons. The lowest BCUT2D eigenvalue weighted by atomic mass is 10.2. The maximum absolute atomic E-state index is 10.4. The van der Waals surface area contributed by atoms with Crippen LogP contribution in [0.1, 0.15) is 32.1 Å². The predicted molar refractivity (Wildman–Crippen MR) is 81.3 cm³/mol. The number of aliphatic carboxylic acids is 1. The molecule has 0 amide bonds. The Bertz CT molecular complexity index is 581. The number of carboxylic acids is 1. The Morgan fingerprint density at radius 1 is 1.29 bits per heavy atom. The van der Waals surface area contributed by atoms with Crippen LogP contribution in [0.2, 0.25) is 0 Å². The Balaban J connectivity index is 1.91. The molecule has 2 rings (SSSR count). The summed E-state index contributed by atoms with van der Waals surface area (Å²) in [5, 5.41) is 12.5. The highest BCUT2D eigenvalue weighted by Gasteiger charge is 2.08. The Hall–Kier alpha value is -1.82. The zero-order chi connectivity index (χ0) is 15.1. The fourth-order valence-corrected chi connectivity index (χ4v) is 2.55. The minimum absolute atomic E-state index is 0.178. The third-order valence-electron chi connectivity index (χ3n) is 2.92. The zero-order valence-corrected chi connectivity index (χ0v) is 12.7. The van der Waals surface area contributed by atoms with E-state index in [1.807, 2.05) is 24.3 Å². The van der Waals surface area contributed by atoms with Gasteiger partial charge in [-0.15, -0.1) is 11.8 Å². The van der Waals surface area contributed by atoms with Crippen LogP contribution in [0.3, 0.4) is 0 Å². The number of carboxylic acid groups (broad SMARTS) is 1.